The number of ether oxygens (including phenoxy) is 1. The van der Waals surface area contributed by atoms with Crippen molar-refractivity contribution >= 4 is 79.7 Å². The third kappa shape index (κ3) is 6.93. The van der Waals surface area contributed by atoms with Crippen LogP contribution in [0.4, 0.5) is 5.69 Å². The first-order valence-electron chi connectivity index (χ1n) is 7.49. The highest BCUT2D eigenvalue weighted by atomic mass is 79.9. The normalized spacial score (nSPS) is 10.3. The molecule has 0 aliphatic heterocycles. The fourth-order valence-corrected chi connectivity index (χ4v) is 3.05. The fraction of sp³-hybridized carbons (Fsp3) is 0.176. The van der Waals surface area contributed by atoms with Gasteiger partial charge in [0.2, 0.25) is 5.91 Å². The standard InChI is InChI=1S/C17H14BrCl3N2O2S/c18-12-5-4-11(9-13(12)20)22-17(26)23-16(24)2-1-7-25-15-6-3-10(19)8-14(15)21/h3-6,8-9H,1-2,7H2,(H2,22,23,24,26). The first-order chi connectivity index (χ1) is 12.3. The quantitative estimate of drug-likeness (QED) is 0.376. The van der Waals surface area contributed by atoms with E-state index in [-0.39, 0.29) is 17.4 Å². The molecule has 138 valence electrons. The molecule has 0 heterocycles. The van der Waals surface area contributed by atoms with Crippen molar-refractivity contribution < 1.29 is 9.53 Å². The Morgan fingerprint density at radius 1 is 1.12 bits per heavy atom. The number of carbonyl (C=O) groups excluding carboxylic acids is 1. The van der Waals surface area contributed by atoms with E-state index in [2.05, 4.69) is 26.6 Å². The highest BCUT2D eigenvalue weighted by Crippen LogP contribution is 2.27. The number of rotatable bonds is 6. The Kier molecular flexibility index (Phi) is 8.44. The SMILES string of the molecule is O=C(CCCOc1ccc(Cl)cc1Cl)NC(=S)Nc1ccc(Br)c(Cl)c1. The first kappa shape index (κ1) is 21.3. The lowest BCUT2D eigenvalue weighted by Gasteiger charge is -2.11. The van der Waals surface area contributed by atoms with Gasteiger partial charge in [0.25, 0.3) is 0 Å². The van der Waals surface area contributed by atoms with Gasteiger partial charge in [-0.05, 0) is 71.0 Å². The van der Waals surface area contributed by atoms with Crippen LogP contribution in [0.1, 0.15) is 12.8 Å². The van der Waals surface area contributed by atoms with E-state index < -0.39 is 0 Å². The lowest BCUT2D eigenvalue weighted by molar-refractivity contribution is -0.119. The van der Waals surface area contributed by atoms with Crippen molar-refractivity contribution in [2.24, 2.45) is 0 Å². The minimum Gasteiger partial charge on any atom is -0.492 e. The van der Waals surface area contributed by atoms with Crippen molar-refractivity contribution in [2.75, 3.05) is 11.9 Å². The van der Waals surface area contributed by atoms with Crippen molar-refractivity contribution in [1.82, 2.24) is 5.32 Å². The molecule has 1 amide bonds. The zero-order valence-electron chi connectivity index (χ0n) is 13.3. The summed E-state index contributed by atoms with van der Waals surface area (Å²) in [6.45, 7) is 0.345. The van der Waals surface area contributed by atoms with Crippen molar-refractivity contribution in [2.45, 2.75) is 12.8 Å². The molecule has 2 aromatic rings. The predicted molar refractivity (Wildman–Crippen MR) is 115 cm³/mol. The minimum atomic E-state index is -0.212. The monoisotopic (exact) mass is 494 g/mol. The second kappa shape index (κ2) is 10.3. The molecule has 0 unspecified atom stereocenters. The van der Waals surface area contributed by atoms with Crippen LogP contribution in [-0.2, 0) is 4.79 Å². The van der Waals surface area contributed by atoms with Crippen molar-refractivity contribution in [3.63, 3.8) is 0 Å². The van der Waals surface area contributed by atoms with Gasteiger partial charge >= 0.3 is 0 Å². The van der Waals surface area contributed by atoms with E-state index in [0.29, 0.717) is 39.5 Å². The molecule has 2 aromatic carbocycles. The summed E-state index contributed by atoms with van der Waals surface area (Å²) in [5.41, 5.74) is 0.684. The maximum Gasteiger partial charge on any atom is 0.226 e. The van der Waals surface area contributed by atoms with Gasteiger partial charge in [-0.25, -0.2) is 0 Å². The van der Waals surface area contributed by atoms with Crippen molar-refractivity contribution in [1.29, 1.82) is 0 Å². The largest absolute Gasteiger partial charge is 0.492 e. The number of thiocarbonyl (C=S) groups is 1. The first-order valence-corrected chi connectivity index (χ1v) is 9.82. The molecule has 0 spiro atoms. The molecule has 2 rings (SSSR count). The summed E-state index contributed by atoms with van der Waals surface area (Å²) in [7, 11) is 0. The number of halogens is 4. The van der Waals surface area contributed by atoms with E-state index in [9.17, 15) is 4.79 Å². The maximum atomic E-state index is 11.9. The van der Waals surface area contributed by atoms with Gasteiger partial charge in [0, 0.05) is 21.6 Å². The average Bonchev–Trinajstić information content (AvgIpc) is 2.56. The lowest BCUT2D eigenvalue weighted by Crippen LogP contribution is -2.34. The molecule has 0 aliphatic rings. The van der Waals surface area contributed by atoms with E-state index in [4.69, 9.17) is 51.8 Å². The molecular formula is C17H14BrCl3N2O2S. The van der Waals surface area contributed by atoms with Crippen LogP contribution in [0.25, 0.3) is 0 Å². The maximum absolute atomic E-state index is 11.9. The molecule has 0 radical (unpaired) electrons. The van der Waals surface area contributed by atoms with Crippen molar-refractivity contribution in [3.8, 4) is 5.75 Å². The van der Waals surface area contributed by atoms with E-state index >= 15 is 0 Å². The molecule has 0 bridgehead atoms. The molecule has 0 atom stereocenters. The van der Waals surface area contributed by atoms with Crippen LogP contribution >= 0.6 is 63.0 Å². The number of carbonyl (C=O) groups is 1. The molecule has 0 saturated carbocycles. The number of benzene rings is 2. The highest BCUT2D eigenvalue weighted by Gasteiger charge is 2.07. The Morgan fingerprint density at radius 3 is 2.58 bits per heavy atom. The summed E-state index contributed by atoms with van der Waals surface area (Å²) >= 11 is 26.3. The Bertz CT molecular complexity index is 821. The third-order valence-electron chi connectivity index (χ3n) is 3.13. The van der Waals surface area contributed by atoms with Gasteiger partial charge in [0.15, 0.2) is 5.11 Å². The predicted octanol–water partition coefficient (Wildman–Crippen LogP) is 6.08. The van der Waals surface area contributed by atoms with Crippen LogP contribution < -0.4 is 15.4 Å². The van der Waals surface area contributed by atoms with Gasteiger partial charge < -0.3 is 15.4 Å². The molecule has 0 saturated heterocycles. The second-order valence-electron chi connectivity index (χ2n) is 5.16. The van der Waals surface area contributed by atoms with Gasteiger partial charge in [0.1, 0.15) is 5.75 Å². The molecule has 0 fully saturated rings. The molecular weight excluding hydrogens is 483 g/mol. The van der Waals surface area contributed by atoms with E-state index in [0.717, 1.165) is 4.47 Å². The Labute approximate surface area is 180 Å². The Balaban J connectivity index is 1.71. The number of nitrogens with one attached hydrogen (secondary N) is 2. The van der Waals surface area contributed by atoms with Gasteiger partial charge in [0.05, 0.1) is 16.7 Å². The van der Waals surface area contributed by atoms with Crippen LogP contribution in [0.15, 0.2) is 40.9 Å². The average molecular weight is 497 g/mol. The van der Waals surface area contributed by atoms with Gasteiger partial charge in [-0.3, -0.25) is 4.79 Å². The molecule has 2 N–H and O–H groups in total. The fourth-order valence-electron chi connectivity index (χ4n) is 1.93. The van der Waals surface area contributed by atoms with E-state index in [1.807, 2.05) is 0 Å². The summed E-state index contributed by atoms with van der Waals surface area (Å²) in [5, 5.41) is 7.23. The van der Waals surface area contributed by atoms with E-state index in [1.54, 1.807) is 36.4 Å². The Hall–Kier alpha value is -1.05. The summed E-state index contributed by atoms with van der Waals surface area (Å²) in [6.07, 6.45) is 0.769. The topological polar surface area (TPSA) is 50.4 Å². The molecule has 9 heteroatoms. The van der Waals surface area contributed by atoms with Crippen molar-refractivity contribution in [3.05, 3.63) is 55.9 Å². The van der Waals surface area contributed by atoms with Crippen LogP contribution in [0.2, 0.25) is 15.1 Å². The highest BCUT2D eigenvalue weighted by molar-refractivity contribution is 9.10. The zero-order valence-corrected chi connectivity index (χ0v) is 18.0. The summed E-state index contributed by atoms with van der Waals surface area (Å²) in [6, 6.07) is 10.3. The van der Waals surface area contributed by atoms with Crippen LogP contribution in [0.5, 0.6) is 5.75 Å². The Morgan fingerprint density at radius 2 is 1.88 bits per heavy atom. The van der Waals surface area contributed by atoms with Gasteiger partial charge in [-0.2, -0.15) is 0 Å². The summed E-state index contributed by atoms with van der Waals surface area (Å²) in [4.78, 5) is 11.9. The lowest BCUT2D eigenvalue weighted by atomic mass is 10.3. The summed E-state index contributed by atoms with van der Waals surface area (Å²) in [5.74, 6) is 0.317. The number of hydrogen-bond acceptors (Lipinski definition) is 3. The van der Waals surface area contributed by atoms with Gasteiger partial charge in [-0.15, -0.1) is 0 Å². The van der Waals surface area contributed by atoms with Crippen LogP contribution in [0, 0.1) is 0 Å². The van der Waals surface area contributed by atoms with E-state index in [1.165, 1.54) is 0 Å². The third-order valence-corrected chi connectivity index (χ3v) is 5.10. The number of hydrogen-bond donors (Lipinski definition) is 2. The van der Waals surface area contributed by atoms with Gasteiger partial charge in [-0.1, -0.05) is 34.8 Å². The van der Waals surface area contributed by atoms with Crippen LogP contribution in [0.3, 0.4) is 0 Å². The molecule has 4 nitrogen and oxygen atoms in total. The molecule has 0 aromatic heterocycles. The molecule has 26 heavy (non-hydrogen) atoms. The zero-order chi connectivity index (χ0) is 19.1. The number of amides is 1. The second-order valence-corrected chi connectivity index (χ2v) is 7.67. The minimum absolute atomic E-state index is 0.204. The van der Waals surface area contributed by atoms with Crippen LogP contribution in [-0.4, -0.2) is 17.6 Å². The molecule has 0 aliphatic carbocycles. The summed E-state index contributed by atoms with van der Waals surface area (Å²) < 4.78 is 6.31. The smallest absolute Gasteiger partial charge is 0.226 e. The number of anilines is 1.